The zero-order valence-electron chi connectivity index (χ0n) is 12.8. The van der Waals surface area contributed by atoms with E-state index in [-0.39, 0.29) is 22.1 Å². The van der Waals surface area contributed by atoms with Crippen molar-refractivity contribution in [2.45, 2.75) is 13.8 Å². The van der Waals surface area contributed by atoms with Gasteiger partial charge in [-0.1, -0.05) is 41.4 Å². The summed E-state index contributed by atoms with van der Waals surface area (Å²) in [5.41, 5.74) is 2.30. The Morgan fingerprint density at radius 2 is 1.91 bits per heavy atom. The fourth-order valence-corrected chi connectivity index (χ4v) is 2.33. The summed E-state index contributed by atoms with van der Waals surface area (Å²) >= 11 is 5.98. The number of hydrogen-bond acceptors (Lipinski definition) is 3. The molecule has 2 rings (SSSR count). The number of halogens is 1. The van der Waals surface area contributed by atoms with Gasteiger partial charge in [0.05, 0.1) is 17.2 Å². The first-order valence-electron chi connectivity index (χ1n) is 7.09. The van der Waals surface area contributed by atoms with Crippen LogP contribution in [0.25, 0.3) is 11.6 Å². The first-order valence-corrected chi connectivity index (χ1v) is 7.47. The molecule has 0 aliphatic carbocycles. The van der Waals surface area contributed by atoms with Gasteiger partial charge < -0.3 is 14.9 Å². The minimum atomic E-state index is -1.05. The van der Waals surface area contributed by atoms with Crippen LogP contribution in [-0.4, -0.2) is 22.8 Å². The Morgan fingerprint density at radius 3 is 2.48 bits per heavy atom. The Hall–Kier alpha value is -2.46. The summed E-state index contributed by atoms with van der Waals surface area (Å²) in [5.74, 6) is -0.978. The van der Waals surface area contributed by atoms with Crippen LogP contribution >= 0.6 is 11.6 Å². The van der Waals surface area contributed by atoms with Crippen molar-refractivity contribution in [3.8, 4) is 11.5 Å². The van der Waals surface area contributed by atoms with Crippen molar-refractivity contribution < 1.29 is 19.7 Å². The highest BCUT2D eigenvalue weighted by molar-refractivity contribution is 6.32. The molecule has 0 saturated carbocycles. The summed E-state index contributed by atoms with van der Waals surface area (Å²) in [6.07, 6.45) is 1.50. The number of benzene rings is 2. The van der Waals surface area contributed by atoms with E-state index in [0.717, 1.165) is 5.56 Å². The van der Waals surface area contributed by atoms with Gasteiger partial charge in [0, 0.05) is 0 Å². The summed E-state index contributed by atoms with van der Waals surface area (Å²) in [4.78, 5) is 11.6. The molecule has 5 heteroatoms. The lowest BCUT2D eigenvalue weighted by molar-refractivity contribution is -0.130. The van der Waals surface area contributed by atoms with Gasteiger partial charge in [0.25, 0.3) is 0 Å². The number of hydrogen-bond donors (Lipinski definition) is 2. The molecule has 0 amide bonds. The number of phenols is 1. The lowest BCUT2D eigenvalue weighted by atomic mass is 10.0. The first kappa shape index (κ1) is 16.9. The molecule has 0 unspecified atom stereocenters. The van der Waals surface area contributed by atoms with Crippen LogP contribution in [-0.2, 0) is 4.79 Å². The van der Waals surface area contributed by atoms with Crippen molar-refractivity contribution >= 4 is 29.2 Å². The van der Waals surface area contributed by atoms with Crippen molar-refractivity contribution in [3.05, 3.63) is 58.1 Å². The molecule has 0 aromatic heterocycles. The zero-order chi connectivity index (χ0) is 17.0. The molecule has 23 heavy (non-hydrogen) atoms. The summed E-state index contributed by atoms with van der Waals surface area (Å²) in [6.45, 7) is 4.08. The maximum Gasteiger partial charge on any atom is 0.336 e. The van der Waals surface area contributed by atoms with Crippen molar-refractivity contribution in [3.63, 3.8) is 0 Å². The lowest BCUT2D eigenvalue weighted by Crippen LogP contribution is -2.00. The van der Waals surface area contributed by atoms with E-state index in [1.807, 2.05) is 19.1 Å². The van der Waals surface area contributed by atoms with E-state index in [4.69, 9.17) is 16.3 Å². The predicted octanol–water partition coefficient (Wildman–Crippen LogP) is 4.38. The molecule has 0 saturated heterocycles. The van der Waals surface area contributed by atoms with E-state index in [9.17, 15) is 15.0 Å². The van der Waals surface area contributed by atoms with Gasteiger partial charge in [0.2, 0.25) is 0 Å². The molecule has 0 aliphatic rings. The molecule has 2 aromatic carbocycles. The maximum absolute atomic E-state index is 11.6. The van der Waals surface area contributed by atoms with Crippen molar-refractivity contribution in [1.82, 2.24) is 0 Å². The molecule has 120 valence electrons. The number of carbonyl (C=O) groups is 1. The van der Waals surface area contributed by atoms with E-state index >= 15 is 0 Å². The lowest BCUT2D eigenvalue weighted by Gasteiger charge is -2.09. The number of aryl methyl sites for hydroxylation is 1. The molecular formula is C18H17ClO4. The van der Waals surface area contributed by atoms with Crippen LogP contribution in [0.4, 0.5) is 0 Å². The van der Waals surface area contributed by atoms with Gasteiger partial charge in [-0.3, -0.25) is 0 Å². The summed E-state index contributed by atoms with van der Waals surface area (Å²) in [6, 6.07) is 10.3. The van der Waals surface area contributed by atoms with Gasteiger partial charge in [0.15, 0.2) is 11.5 Å². The smallest absolute Gasteiger partial charge is 0.336 e. The van der Waals surface area contributed by atoms with Crippen LogP contribution in [0, 0.1) is 6.92 Å². The van der Waals surface area contributed by atoms with Crippen LogP contribution in [0.1, 0.15) is 23.6 Å². The van der Waals surface area contributed by atoms with Gasteiger partial charge in [-0.05, 0) is 43.2 Å². The molecular weight excluding hydrogens is 316 g/mol. The van der Waals surface area contributed by atoms with E-state index in [2.05, 4.69) is 0 Å². The fourth-order valence-electron chi connectivity index (χ4n) is 2.11. The van der Waals surface area contributed by atoms with E-state index in [1.54, 1.807) is 25.1 Å². The monoisotopic (exact) mass is 332 g/mol. The molecule has 2 aromatic rings. The van der Waals surface area contributed by atoms with Crippen LogP contribution in [0.3, 0.4) is 0 Å². The summed E-state index contributed by atoms with van der Waals surface area (Å²) in [5, 5.41) is 19.4. The standard InChI is InChI=1S/C18H17ClO4/c1-3-23-16-10-12(9-15(19)17(16)20)8-14(18(21)22)13-6-4-11(2)5-7-13/h4-10,20H,3H2,1-2H3,(H,21,22)/b14-8-. The third kappa shape index (κ3) is 4.05. The van der Waals surface area contributed by atoms with Gasteiger partial charge in [0.1, 0.15) is 0 Å². The summed E-state index contributed by atoms with van der Waals surface area (Å²) in [7, 11) is 0. The van der Waals surface area contributed by atoms with Crippen molar-refractivity contribution in [2.24, 2.45) is 0 Å². The quantitative estimate of drug-likeness (QED) is 0.630. The number of phenolic OH excluding ortho intramolecular Hbond substituents is 1. The molecule has 0 heterocycles. The topological polar surface area (TPSA) is 66.8 Å². The number of aromatic hydroxyl groups is 1. The third-order valence-corrected chi connectivity index (χ3v) is 3.54. The second kappa shape index (κ2) is 7.20. The first-order chi connectivity index (χ1) is 10.9. The highest BCUT2D eigenvalue weighted by Gasteiger charge is 2.13. The number of carboxylic acid groups (broad SMARTS) is 1. The Labute approximate surface area is 139 Å². The SMILES string of the molecule is CCOc1cc(/C=C(\C(=O)O)c2ccc(C)cc2)cc(Cl)c1O. The Balaban J connectivity index is 2.51. The zero-order valence-corrected chi connectivity index (χ0v) is 13.6. The average molecular weight is 333 g/mol. The molecule has 0 aliphatic heterocycles. The minimum absolute atomic E-state index is 0.107. The van der Waals surface area contributed by atoms with Gasteiger partial charge in [-0.15, -0.1) is 0 Å². The average Bonchev–Trinajstić information content (AvgIpc) is 2.50. The largest absolute Gasteiger partial charge is 0.503 e. The highest BCUT2D eigenvalue weighted by atomic mass is 35.5. The van der Waals surface area contributed by atoms with Gasteiger partial charge >= 0.3 is 5.97 Å². The van der Waals surface area contributed by atoms with Crippen LogP contribution in [0.15, 0.2) is 36.4 Å². The second-order valence-electron chi connectivity index (χ2n) is 5.01. The number of aliphatic carboxylic acids is 1. The number of carboxylic acids is 1. The Kier molecular flexibility index (Phi) is 5.29. The fraction of sp³-hybridized carbons (Fsp3) is 0.167. The molecule has 2 N–H and O–H groups in total. The Morgan fingerprint density at radius 1 is 1.26 bits per heavy atom. The van der Waals surface area contributed by atoms with E-state index in [1.165, 1.54) is 12.1 Å². The van der Waals surface area contributed by atoms with Crippen LogP contribution < -0.4 is 4.74 Å². The minimum Gasteiger partial charge on any atom is -0.503 e. The van der Waals surface area contributed by atoms with Crippen LogP contribution in [0.2, 0.25) is 5.02 Å². The summed E-state index contributed by atoms with van der Waals surface area (Å²) < 4.78 is 5.31. The normalized spacial score (nSPS) is 11.3. The van der Waals surface area contributed by atoms with Gasteiger partial charge in [-0.2, -0.15) is 0 Å². The maximum atomic E-state index is 11.6. The number of rotatable bonds is 5. The predicted molar refractivity (Wildman–Crippen MR) is 91.0 cm³/mol. The van der Waals surface area contributed by atoms with Crippen molar-refractivity contribution in [1.29, 1.82) is 0 Å². The molecule has 0 bridgehead atoms. The molecule has 0 radical (unpaired) electrons. The highest BCUT2D eigenvalue weighted by Crippen LogP contribution is 2.36. The number of ether oxygens (including phenoxy) is 1. The van der Waals surface area contributed by atoms with Crippen LogP contribution in [0.5, 0.6) is 11.5 Å². The van der Waals surface area contributed by atoms with Crippen molar-refractivity contribution in [2.75, 3.05) is 6.61 Å². The second-order valence-corrected chi connectivity index (χ2v) is 5.42. The molecule has 0 atom stereocenters. The van der Waals surface area contributed by atoms with E-state index < -0.39 is 5.97 Å². The van der Waals surface area contributed by atoms with Gasteiger partial charge in [-0.25, -0.2) is 4.79 Å². The molecule has 4 nitrogen and oxygen atoms in total. The Bertz CT molecular complexity index is 748. The molecule has 0 fully saturated rings. The molecule has 0 spiro atoms. The third-order valence-electron chi connectivity index (χ3n) is 3.25. The van der Waals surface area contributed by atoms with E-state index in [0.29, 0.717) is 17.7 Å².